The third-order valence-corrected chi connectivity index (χ3v) is 6.16. The van der Waals surface area contributed by atoms with E-state index in [2.05, 4.69) is 25.5 Å². The lowest BCUT2D eigenvalue weighted by atomic mass is 10.1. The monoisotopic (exact) mass is 492 g/mol. The molecule has 1 aliphatic heterocycles. The number of carbonyl (C=O) groups excluding carboxylic acids is 2. The summed E-state index contributed by atoms with van der Waals surface area (Å²) in [6, 6.07) is 12.7. The predicted molar refractivity (Wildman–Crippen MR) is 137 cm³/mol. The number of rotatable bonds is 9. The SMILES string of the molecule is COc1ccc2nc(NC[C@@H](C)NC(=O)OC3CCN(Cc4ccc(C(N)=O)cc4)CC3)cnc2c1. The van der Waals surface area contributed by atoms with Gasteiger partial charge in [0.1, 0.15) is 17.7 Å². The van der Waals surface area contributed by atoms with Crippen LogP contribution in [0.3, 0.4) is 0 Å². The maximum atomic E-state index is 12.4. The molecular weight excluding hydrogens is 460 g/mol. The van der Waals surface area contributed by atoms with Gasteiger partial charge in [0.15, 0.2) is 0 Å². The number of methoxy groups -OCH3 is 1. The zero-order chi connectivity index (χ0) is 25.5. The minimum atomic E-state index is -0.424. The van der Waals surface area contributed by atoms with Crippen molar-refractivity contribution in [1.29, 1.82) is 0 Å². The highest BCUT2D eigenvalue weighted by atomic mass is 16.6. The Morgan fingerprint density at radius 2 is 1.89 bits per heavy atom. The molecule has 1 fully saturated rings. The molecule has 2 aromatic carbocycles. The number of carbonyl (C=O) groups is 2. The molecule has 4 N–H and O–H groups in total. The van der Waals surface area contributed by atoms with E-state index in [0.717, 1.165) is 54.8 Å². The van der Waals surface area contributed by atoms with Crippen LogP contribution in [0.5, 0.6) is 5.75 Å². The van der Waals surface area contributed by atoms with Crippen molar-refractivity contribution in [2.75, 3.05) is 32.1 Å². The highest BCUT2D eigenvalue weighted by Crippen LogP contribution is 2.19. The summed E-state index contributed by atoms with van der Waals surface area (Å²) in [6.45, 7) is 4.84. The lowest BCUT2D eigenvalue weighted by molar-refractivity contribution is 0.0475. The molecule has 1 saturated heterocycles. The van der Waals surface area contributed by atoms with E-state index in [1.165, 1.54) is 0 Å². The van der Waals surface area contributed by atoms with Crippen LogP contribution < -0.4 is 21.1 Å². The Morgan fingerprint density at radius 1 is 1.14 bits per heavy atom. The molecule has 2 heterocycles. The number of fused-ring (bicyclic) bond motifs is 1. The molecule has 36 heavy (non-hydrogen) atoms. The number of ether oxygens (including phenoxy) is 2. The maximum Gasteiger partial charge on any atom is 0.407 e. The van der Waals surface area contributed by atoms with Crippen molar-refractivity contribution in [2.24, 2.45) is 5.73 Å². The molecule has 0 aliphatic carbocycles. The Morgan fingerprint density at radius 3 is 2.58 bits per heavy atom. The molecular formula is C26H32N6O4. The molecule has 10 heteroatoms. The summed E-state index contributed by atoms with van der Waals surface area (Å²) >= 11 is 0. The second-order valence-electron chi connectivity index (χ2n) is 8.98. The van der Waals surface area contributed by atoms with E-state index in [-0.39, 0.29) is 12.1 Å². The maximum absolute atomic E-state index is 12.4. The molecule has 190 valence electrons. The van der Waals surface area contributed by atoms with Crippen molar-refractivity contribution in [2.45, 2.75) is 38.5 Å². The van der Waals surface area contributed by atoms with Gasteiger partial charge in [0.05, 0.1) is 24.3 Å². The highest BCUT2D eigenvalue weighted by molar-refractivity contribution is 5.92. The van der Waals surface area contributed by atoms with Crippen molar-refractivity contribution in [3.05, 3.63) is 59.8 Å². The highest BCUT2D eigenvalue weighted by Gasteiger charge is 2.23. The number of amides is 2. The van der Waals surface area contributed by atoms with Crippen LogP contribution in [0.1, 0.15) is 35.7 Å². The van der Waals surface area contributed by atoms with Gasteiger partial charge in [-0.1, -0.05) is 12.1 Å². The number of aromatic nitrogens is 2. The van der Waals surface area contributed by atoms with E-state index in [1.807, 2.05) is 37.3 Å². The first-order valence-corrected chi connectivity index (χ1v) is 12.0. The van der Waals surface area contributed by atoms with Crippen molar-refractivity contribution in [3.8, 4) is 5.75 Å². The van der Waals surface area contributed by atoms with E-state index < -0.39 is 12.0 Å². The lowest BCUT2D eigenvalue weighted by Gasteiger charge is -2.31. The summed E-state index contributed by atoms with van der Waals surface area (Å²) in [5.74, 6) is 0.939. The third-order valence-electron chi connectivity index (χ3n) is 6.16. The van der Waals surface area contributed by atoms with Gasteiger partial charge in [0.25, 0.3) is 0 Å². The van der Waals surface area contributed by atoms with E-state index in [4.69, 9.17) is 15.2 Å². The number of likely N-dealkylation sites (tertiary alicyclic amines) is 1. The zero-order valence-corrected chi connectivity index (χ0v) is 20.6. The van der Waals surface area contributed by atoms with Crippen LogP contribution in [-0.4, -0.2) is 65.8 Å². The number of alkyl carbamates (subject to hydrolysis) is 1. The Hall–Kier alpha value is -3.92. The number of benzene rings is 2. The van der Waals surface area contributed by atoms with Gasteiger partial charge in [0.2, 0.25) is 5.91 Å². The number of hydrogen-bond acceptors (Lipinski definition) is 8. The minimum Gasteiger partial charge on any atom is -0.497 e. The number of primary amides is 1. The Balaban J connectivity index is 1.16. The largest absolute Gasteiger partial charge is 0.497 e. The van der Waals surface area contributed by atoms with Crippen molar-refractivity contribution < 1.29 is 19.1 Å². The molecule has 0 unspecified atom stereocenters. The van der Waals surface area contributed by atoms with Crippen LogP contribution >= 0.6 is 0 Å². The van der Waals surface area contributed by atoms with Crippen LogP contribution in [0.4, 0.5) is 10.6 Å². The summed E-state index contributed by atoms with van der Waals surface area (Å²) in [6.07, 6.45) is 2.68. The molecule has 4 rings (SSSR count). The normalized spacial score (nSPS) is 15.3. The average molecular weight is 493 g/mol. The van der Waals surface area contributed by atoms with Gasteiger partial charge < -0.3 is 25.8 Å². The fourth-order valence-electron chi connectivity index (χ4n) is 4.12. The standard InChI is InChI=1S/C26H32N6O4/c1-17(14-29-24-15-28-23-13-21(35-2)7-8-22(23)31-24)30-26(34)36-20-9-11-32(12-10-20)16-18-3-5-19(6-4-18)25(27)33/h3-8,13,15,17,20H,9-12,14,16H2,1-2H3,(H2,27,33)(H,29,31)(H,30,34)/t17-/m1/s1. The van der Waals surface area contributed by atoms with Gasteiger partial charge in [0, 0.05) is 43.9 Å². The van der Waals surface area contributed by atoms with Crippen LogP contribution in [-0.2, 0) is 11.3 Å². The van der Waals surface area contributed by atoms with Crippen LogP contribution in [0.15, 0.2) is 48.7 Å². The number of piperidine rings is 1. The Labute approximate surface area is 210 Å². The molecule has 0 bridgehead atoms. The molecule has 3 aromatic rings. The molecule has 10 nitrogen and oxygen atoms in total. The van der Waals surface area contributed by atoms with E-state index in [0.29, 0.717) is 17.9 Å². The first kappa shape index (κ1) is 25.2. The number of nitrogens with two attached hydrogens (primary N) is 1. The smallest absolute Gasteiger partial charge is 0.407 e. The van der Waals surface area contributed by atoms with Crippen LogP contribution in [0.25, 0.3) is 11.0 Å². The summed E-state index contributed by atoms with van der Waals surface area (Å²) in [4.78, 5) is 34.8. The third kappa shape index (κ3) is 6.82. The van der Waals surface area contributed by atoms with Gasteiger partial charge in [-0.3, -0.25) is 14.7 Å². The molecule has 1 atom stereocenters. The second-order valence-corrected chi connectivity index (χ2v) is 8.98. The minimum absolute atomic E-state index is 0.109. The number of nitrogens with one attached hydrogen (secondary N) is 2. The van der Waals surface area contributed by atoms with Crippen LogP contribution in [0, 0.1) is 0 Å². The van der Waals surface area contributed by atoms with Gasteiger partial charge in [-0.25, -0.2) is 9.78 Å². The van der Waals surface area contributed by atoms with Gasteiger partial charge in [-0.05, 0) is 49.6 Å². The zero-order valence-electron chi connectivity index (χ0n) is 20.6. The van der Waals surface area contributed by atoms with Crippen molar-refractivity contribution in [1.82, 2.24) is 20.2 Å². The van der Waals surface area contributed by atoms with Crippen molar-refractivity contribution >= 4 is 28.9 Å². The van der Waals surface area contributed by atoms with Crippen LogP contribution in [0.2, 0.25) is 0 Å². The van der Waals surface area contributed by atoms with E-state index in [9.17, 15) is 9.59 Å². The lowest BCUT2D eigenvalue weighted by Crippen LogP contribution is -2.42. The van der Waals surface area contributed by atoms with E-state index in [1.54, 1.807) is 25.4 Å². The molecule has 0 saturated carbocycles. The molecule has 1 aliphatic rings. The summed E-state index contributed by atoms with van der Waals surface area (Å²) in [7, 11) is 1.61. The molecule has 1 aromatic heterocycles. The second kappa shape index (κ2) is 11.7. The van der Waals surface area contributed by atoms with Gasteiger partial charge in [-0.15, -0.1) is 0 Å². The van der Waals surface area contributed by atoms with Crippen molar-refractivity contribution in [3.63, 3.8) is 0 Å². The number of nitrogens with zero attached hydrogens (tertiary/aromatic N) is 3. The number of anilines is 1. The first-order valence-electron chi connectivity index (χ1n) is 12.0. The van der Waals surface area contributed by atoms with Gasteiger partial charge >= 0.3 is 6.09 Å². The molecule has 2 amide bonds. The topological polar surface area (TPSA) is 132 Å². The summed E-state index contributed by atoms with van der Waals surface area (Å²) in [5.41, 5.74) is 8.43. The number of hydrogen-bond donors (Lipinski definition) is 3. The van der Waals surface area contributed by atoms with Gasteiger partial charge in [-0.2, -0.15) is 0 Å². The fraction of sp³-hybridized carbons (Fsp3) is 0.385. The summed E-state index contributed by atoms with van der Waals surface area (Å²) in [5, 5.41) is 6.08. The molecule has 0 radical (unpaired) electrons. The predicted octanol–water partition coefficient (Wildman–Crippen LogP) is 2.93. The van der Waals surface area contributed by atoms with E-state index >= 15 is 0 Å². The quantitative estimate of drug-likeness (QED) is 0.415. The fourth-order valence-corrected chi connectivity index (χ4v) is 4.12. The molecule has 0 spiro atoms. The average Bonchev–Trinajstić information content (AvgIpc) is 2.88. The first-order chi connectivity index (χ1) is 17.4. The Kier molecular flexibility index (Phi) is 8.17. The Bertz CT molecular complexity index is 1190. The summed E-state index contributed by atoms with van der Waals surface area (Å²) < 4.78 is 10.8.